The Hall–Kier alpha value is -3.95. The van der Waals surface area contributed by atoms with Crippen LogP contribution in [0.1, 0.15) is 35.0 Å². The normalized spacial score (nSPS) is 11.3. The first-order valence-electron chi connectivity index (χ1n) is 9.79. The fourth-order valence-corrected chi connectivity index (χ4v) is 3.50. The van der Waals surface area contributed by atoms with Gasteiger partial charge in [0, 0.05) is 35.6 Å². The van der Waals surface area contributed by atoms with Gasteiger partial charge in [-0.1, -0.05) is 0 Å². The maximum absolute atomic E-state index is 13.8. The van der Waals surface area contributed by atoms with Crippen molar-refractivity contribution in [3.05, 3.63) is 59.5 Å². The smallest absolute Gasteiger partial charge is 0.264 e. The van der Waals surface area contributed by atoms with E-state index in [9.17, 15) is 18.4 Å². The summed E-state index contributed by atoms with van der Waals surface area (Å²) in [4.78, 5) is 28.5. The third-order valence-electron chi connectivity index (χ3n) is 5.01. The van der Waals surface area contributed by atoms with E-state index >= 15 is 0 Å². The monoisotopic (exact) mass is 438 g/mol. The lowest BCUT2D eigenvalue weighted by Crippen LogP contribution is -2.20. The van der Waals surface area contributed by atoms with Crippen molar-refractivity contribution in [2.75, 3.05) is 5.32 Å². The van der Waals surface area contributed by atoms with E-state index in [0.717, 1.165) is 0 Å². The van der Waals surface area contributed by atoms with Gasteiger partial charge < -0.3 is 5.32 Å². The molecule has 3 aromatic heterocycles. The molecule has 0 atom stereocenters. The lowest BCUT2D eigenvalue weighted by Gasteiger charge is -2.09. The van der Waals surface area contributed by atoms with E-state index in [4.69, 9.17) is 0 Å². The van der Waals surface area contributed by atoms with E-state index in [1.54, 1.807) is 49.1 Å². The first-order chi connectivity index (χ1) is 15.2. The molecule has 0 unspecified atom stereocenters. The predicted octanol–water partition coefficient (Wildman–Crippen LogP) is 3.92. The number of halogens is 2. The van der Waals surface area contributed by atoms with E-state index in [2.05, 4.69) is 20.5 Å². The molecule has 164 valence electrons. The summed E-state index contributed by atoms with van der Waals surface area (Å²) in [6, 6.07) is 7.80. The standard InChI is InChI=1S/C22H20F2N6O2/c1-12-20-17(21(23)24)8-18(15-9-25-29(3)10-15)27-22(20)30(28-12)11-19(32)26-16-6-4-14(5-7-16)13(2)31/h4-10,21H,11H2,1-3H3,(H,26,32). The van der Waals surface area contributed by atoms with Crippen molar-refractivity contribution in [1.29, 1.82) is 0 Å². The number of ketones is 1. The number of carbonyl (C=O) groups is 2. The van der Waals surface area contributed by atoms with Crippen LogP contribution in [0.2, 0.25) is 0 Å². The average molecular weight is 438 g/mol. The molecule has 1 aromatic carbocycles. The van der Waals surface area contributed by atoms with E-state index in [0.29, 0.717) is 28.2 Å². The predicted molar refractivity (Wildman–Crippen MR) is 115 cm³/mol. The summed E-state index contributed by atoms with van der Waals surface area (Å²) in [6.45, 7) is 2.85. The topological polar surface area (TPSA) is 94.7 Å². The van der Waals surface area contributed by atoms with Gasteiger partial charge in [0.05, 0.1) is 23.0 Å². The Labute approximate surface area is 181 Å². The van der Waals surface area contributed by atoms with Crippen LogP contribution in [0.3, 0.4) is 0 Å². The minimum atomic E-state index is -2.74. The number of Topliss-reactive ketones (excluding diaryl/α,β-unsaturated/α-hetero) is 1. The van der Waals surface area contributed by atoms with Crippen LogP contribution in [-0.4, -0.2) is 36.2 Å². The summed E-state index contributed by atoms with van der Waals surface area (Å²) in [5, 5.41) is 11.3. The minimum Gasteiger partial charge on any atom is -0.324 e. The van der Waals surface area contributed by atoms with Crippen molar-refractivity contribution in [2.24, 2.45) is 7.05 Å². The maximum Gasteiger partial charge on any atom is 0.264 e. The first kappa shape index (κ1) is 21.3. The number of rotatable bonds is 6. The molecule has 4 aromatic rings. The Bertz CT molecular complexity index is 1320. The number of anilines is 1. The Morgan fingerprint density at radius 1 is 1.19 bits per heavy atom. The lowest BCUT2D eigenvalue weighted by molar-refractivity contribution is -0.116. The molecule has 1 N–H and O–H groups in total. The zero-order chi connectivity index (χ0) is 23.0. The zero-order valence-corrected chi connectivity index (χ0v) is 17.6. The van der Waals surface area contributed by atoms with Crippen LogP contribution in [0, 0.1) is 6.92 Å². The Morgan fingerprint density at radius 2 is 1.91 bits per heavy atom. The minimum absolute atomic E-state index is 0.0771. The molecule has 32 heavy (non-hydrogen) atoms. The number of aromatic nitrogens is 5. The second kappa shape index (κ2) is 8.29. The number of fused-ring (bicyclic) bond motifs is 1. The van der Waals surface area contributed by atoms with Crippen molar-refractivity contribution in [3.8, 4) is 11.3 Å². The van der Waals surface area contributed by atoms with Crippen molar-refractivity contribution >= 4 is 28.4 Å². The number of carbonyl (C=O) groups excluding carboxylic acids is 2. The van der Waals surface area contributed by atoms with E-state index in [1.165, 1.54) is 23.9 Å². The molecule has 8 nitrogen and oxygen atoms in total. The molecule has 0 radical (unpaired) electrons. The molecule has 0 saturated heterocycles. The molecule has 0 bridgehead atoms. The fraction of sp³-hybridized carbons (Fsp3) is 0.227. The van der Waals surface area contributed by atoms with Gasteiger partial charge in [-0.15, -0.1) is 0 Å². The van der Waals surface area contributed by atoms with Crippen molar-refractivity contribution in [2.45, 2.75) is 26.8 Å². The molecule has 3 heterocycles. The second-order valence-electron chi connectivity index (χ2n) is 7.42. The highest BCUT2D eigenvalue weighted by atomic mass is 19.3. The highest BCUT2D eigenvalue weighted by Gasteiger charge is 2.22. The molecule has 0 aliphatic rings. The molecule has 0 saturated carbocycles. The Balaban J connectivity index is 1.68. The number of nitrogens with zero attached hydrogens (tertiary/aromatic N) is 5. The SMILES string of the molecule is CC(=O)c1ccc(NC(=O)Cn2nc(C)c3c(C(F)F)cc(-c4cnn(C)c4)nc32)cc1. The quantitative estimate of drug-likeness (QED) is 0.461. The Kier molecular flexibility index (Phi) is 5.52. The van der Waals surface area contributed by atoms with Crippen LogP contribution in [-0.2, 0) is 18.4 Å². The molecule has 1 amide bonds. The van der Waals surface area contributed by atoms with Gasteiger partial charge in [0.15, 0.2) is 11.4 Å². The van der Waals surface area contributed by atoms with Crippen LogP contribution in [0.25, 0.3) is 22.3 Å². The molecule has 4 rings (SSSR count). The lowest BCUT2D eigenvalue weighted by atomic mass is 10.1. The van der Waals surface area contributed by atoms with Gasteiger partial charge in [0.1, 0.15) is 6.54 Å². The van der Waals surface area contributed by atoms with Crippen molar-refractivity contribution in [1.82, 2.24) is 24.5 Å². The van der Waals surface area contributed by atoms with Gasteiger partial charge in [0.25, 0.3) is 6.43 Å². The average Bonchev–Trinajstić information content (AvgIpc) is 3.31. The highest BCUT2D eigenvalue weighted by molar-refractivity contribution is 5.96. The fourth-order valence-electron chi connectivity index (χ4n) is 3.50. The van der Waals surface area contributed by atoms with E-state index in [-0.39, 0.29) is 28.9 Å². The summed E-state index contributed by atoms with van der Waals surface area (Å²) >= 11 is 0. The van der Waals surface area contributed by atoms with Gasteiger partial charge in [-0.2, -0.15) is 10.2 Å². The second-order valence-corrected chi connectivity index (χ2v) is 7.42. The summed E-state index contributed by atoms with van der Waals surface area (Å²) in [5.41, 5.74) is 2.30. The van der Waals surface area contributed by atoms with Crippen LogP contribution in [0.4, 0.5) is 14.5 Å². The van der Waals surface area contributed by atoms with Gasteiger partial charge in [-0.25, -0.2) is 18.4 Å². The number of hydrogen-bond acceptors (Lipinski definition) is 5. The van der Waals surface area contributed by atoms with Crippen LogP contribution < -0.4 is 5.32 Å². The molecule has 10 heteroatoms. The summed E-state index contributed by atoms with van der Waals surface area (Å²) in [5.74, 6) is -0.483. The number of benzene rings is 1. The highest BCUT2D eigenvalue weighted by Crippen LogP contribution is 2.32. The number of amides is 1. The van der Waals surface area contributed by atoms with Crippen LogP contribution in [0.5, 0.6) is 0 Å². The number of hydrogen-bond donors (Lipinski definition) is 1. The number of aryl methyl sites for hydroxylation is 2. The molecule has 0 aliphatic carbocycles. The number of pyridine rings is 1. The van der Waals surface area contributed by atoms with Crippen LogP contribution >= 0.6 is 0 Å². The molecule has 0 fully saturated rings. The van der Waals surface area contributed by atoms with E-state index in [1.807, 2.05) is 0 Å². The summed E-state index contributed by atoms with van der Waals surface area (Å²) < 4.78 is 30.5. The van der Waals surface area contributed by atoms with Crippen molar-refractivity contribution < 1.29 is 18.4 Å². The van der Waals surface area contributed by atoms with Crippen molar-refractivity contribution in [3.63, 3.8) is 0 Å². The Morgan fingerprint density at radius 3 is 2.50 bits per heavy atom. The maximum atomic E-state index is 13.8. The molecule has 0 spiro atoms. The first-order valence-corrected chi connectivity index (χ1v) is 9.79. The molecular formula is C22H20F2N6O2. The van der Waals surface area contributed by atoms with Crippen LogP contribution in [0.15, 0.2) is 42.7 Å². The van der Waals surface area contributed by atoms with Gasteiger partial charge in [-0.3, -0.25) is 14.3 Å². The number of alkyl halides is 2. The summed E-state index contributed by atoms with van der Waals surface area (Å²) in [6.07, 6.45) is 0.476. The van der Waals surface area contributed by atoms with E-state index < -0.39 is 12.3 Å². The third-order valence-corrected chi connectivity index (χ3v) is 5.01. The third kappa shape index (κ3) is 4.11. The molecule has 0 aliphatic heterocycles. The number of nitrogens with one attached hydrogen (secondary N) is 1. The van der Waals surface area contributed by atoms with Gasteiger partial charge in [0.2, 0.25) is 5.91 Å². The summed E-state index contributed by atoms with van der Waals surface area (Å²) in [7, 11) is 1.72. The van der Waals surface area contributed by atoms with Gasteiger partial charge in [-0.05, 0) is 44.2 Å². The molecular weight excluding hydrogens is 418 g/mol. The zero-order valence-electron chi connectivity index (χ0n) is 17.6. The largest absolute Gasteiger partial charge is 0.324 e. The van der Waals surface area contributed by atoms with Gasteiger partial charge >= 0.3 is 0 Å².